The molecular formula is C14H11ClF2IN. The first-order chi connectivity index (χ1) is 8.97. The first-order valence-corrected chi connectivity index (χ1v) is 7.07. The van der Waals surface area contributed by atoms with Gasteiger partial charge in [-0.05, 0) is 64.4 Å². The third-order valence-corrected chi connectivity index (χ3v) is 4.03. The smallest absolute Gasteiger partial charge is 0.141 e. The summed E-state index contributed by atoms with van der Waals surface area (Å²) in [5, 5.41) is 0.0819. The standard InChI is InChI=1S/C14H11ClF2IN/c15-11-5-8(1-4-12(11)17)6-14(19)10-3-2-9(16)7-13(10)18/h1-5,7,14H,6,19H2. The molecule has 0 amide bonds. The zero-order valence-electron chi connectivity index (χ0n) is 9.84. The Morgan fingerprint density at radius 2 is 1.89 bits per heavy atom. The van der Waals surface area contributed by atoms with Gasteiger partial charge in [0.25, 0.3) is 0 Å². The van der Waals surface area contributed by atoms with E-state index in [-0.39, 0.29) is 16.9 Å². The van der Waals surface area contributed by atoms with Gasteiger partial charge >= 0.3 is 0 Å². The molecule has 0 spiro atoms. The van der Waals surface area contributed by atoms with Crippen molar-refractivity contribution in [2.45, 2.75) is 12.5 Å². The minimum absolute atomic E-state index is 0.0819. The lowest BCUT2D eigenvalue weighted by molar-refractivity contribution is 0.621. The fourth-order valence-corrected chi connectivity index (χ4v) is 2.91. The van der Waals surface area contributed by atoms with Crippen molar-refractivity contribution >= 4 is 34.2 Å². The third-order valence-electron chi connectivity index (χ3n) is 2.80. The molecule has 2 N–H and O–H groups in total. The summed E-state index contributed by atoms with van der Waals surface area (Å²) in [4.78, 5) is 0. The molecular weight excluding hydrogens is 383 g/mol. The van der Waals surface area contributed by atoms with Crippen LogP contribution in [0.15, 0.2) is 36.4 Å². The fraction of sp³-hybridized carbons (Fsp3) is 0.143. The molecule has 0 radical (unpaired) electrons. The number of rotatable bonds is 3. The molecule has 0 aliphatic heterocycles. The van der Waals surface area contributed by atoms with Crippen molar-refractivity contribution in [2.24, 2.45) is 5.73 Å². The molecule has 0 aromatic heterocycles. The maximum absolute atomic E-state index is 13.1. The monoisotopic (exact) mass is 393 g/mol. The summed E-state index contributed by atoms with van der Waals surface area (Å²) in [6, 6.07) is 8.74. The summed E-state index contributed by atoms with van der Waals surface area (Å²) < 4.78 is 26.9. The van der Waals surface area contributed by atoms with Crippen LogP contribution in [0.25, 0.3) is 0 Å². The molecule has 1 nitrogen and oxygen atoms in total. The van der Waals surface area contributed by atoms with E-state index in [0.29, 0.717) is 6.42 Å². The van der Waals surface area contributed by atoms with E-state index in [0.717, 1.165) is 14.7 Å². The Morgan fingerprint density at radius 1 is 1.16 bits per heavy atom. The predicted molar refractivity (Wildman–Crippen MR) is 81.2 cm³/mol. The van der Waals surface area contributed by atoms with Gasteiger partial charge in [0.1, 0.15) is 11.6 Å². The summed E-state index contributed by atoms with van der Waals surface area (Å²) in [5.74, 6) is -0.736. The molecule has 1 unspecified atom stereocenters. The van der Waals surface area contributed by atoms with Gasteiger partial charge in [0.15, 0.2) is 0 Å². The van der Waals surface area contributed by atoms with Gasteiger partial charge in [-0.2, -0.15) is 0 Å². The Morgan fingerprint density at radius 3 is 2.53 bits per heavy atom. The van der Waals surface area contributed by atoms with Crippen molar-refractivity contribution in [3.8, 4) is 0 Å². The van der Waals surface area contributed by atoms with Crippen LogP contribution in [0.1, 0.15) is 17.2 Å². The third kappa shape index (κ3) is 3.64. The molecule has 2 rings (SSSR count). The zero-order valence-corrected chi connectivity index (χ0v) is 12.8. The van der Waals surface area contributed by atoms with Crippen LogP contribution in [0.5, 0.6) is 0 Å². The molecule has 0 aliphatic rings. The van der Waals surface area contributed by atoms with Gasteiger partial charge in [-0.3, -0.25) is 0 Å². The van der Waals surface area contributed by atoms with Gasteiger partial charge in [0, 0.05) is 9.61 Å². The number of halogens is 4. The Kier molecular flexibility index (Phi) is 4.76. The molecule has 0 saturated carbocycles. The lowest BCUT2D eigenvalue weighted by atomic mass is 10.00. The average molecular weight is 394 g/mol. The number of benzene rings is 2. The van der Waals surface area contributed by atoms with E-state index >= 15 is 0 Å². The van der Waals surface area contributed by atoms with Crippen molar-refractivity contribution in [3.05, 3.63) is 67.8 Å². The van der Waals surface area contributed by atoms with Crippen LogP contribution in [-0.4, -0.2) is 0 Å². The van der Waals surface area contributed by atoms with Crippen molar-refractivity contribution in [1.29, 1.82) is 0 Å². The molecule has 2 aromatic rings. The highest BCUT2D eigenvalue weighted by Crippen LogP contribution is 2.24. The Bertz CT molecular complexity index is 604. The van der Waals surface area contributed by atoms with Gasteiger partial charge in [0.05, 0.1) is 5.02 Å². The maximum atomic E-state index is 13.1. The maximum Gasteiger partial charge on any atom is 0.141 e. The second-order valence-corrected chi connectivity index (χ2v) is 5.79. The Hall–Kier alpha value is -0.720. The van der Waals surface area contributed by atoms with Crippen LogP contribution in [0.2, 0.25) is 5.02 Å². The van der Waals surface area contributed by atoms with E-state index in [4.69, 9.17) is 17.3 Å². The second-order valence-electron chi connectivity index (χ2n) is 4.22. The number of nitrogens with two attached hydrogens (primary N) is 1. The average Bonchev–Trinajstić information content (AvgIpc) is 2.33. The lowest BCUT2D eigenvalue weighted by Crippen LogP contribution is -2.15. The molecule has 0 bridgehead atoms. The molecule has 0 heterocycles. The van der Waals surface area contributed by atoms with E-state index in [1.807, 2.05) is 22.6 Å². The summed E-state index contributed by atoms with van der Waals surface area (Å²) in [6.07, 6.45) is 0.516. The van der Waals surface area contributed by atoms with Crippen molar-refractivity contribution in [1.82, 2.24) is 0 Å². The van der Waals surface area contributed by atoms with E-state index in [1.54, 1.807) is 18.2 Å². The van der Waals surface area contributed by atoms with Crippen LogP contribution >= 0.6 is 34.2 Å². The predicted octanol–water partition coefficient (Wildman–Crippen LogP) is 4.47. The fourth-order valence-electron chi connectivity index (χ4n) is 1.83. The van der Waals surface area contributed by atoms with Crippen LogP contribution in [0, 0.1) is 15.2 Å². The minimum atomic E-state index is -0.449. The number of hydrogen-bond donors (Lipinski definition) is 1. The lowest BCUT2D eigenvalue weighted by Gasteiger charge is -2.14. The van der Waals surface area contributed by atoms with Crippen LogP contribution in [-0.2, 0) is 6.42 Å². The van der Waals surface area contributed by atoms with E-state index in [2.05, 4.69) is 0 Å². The molecule has 100 valence electrons. The Labute approximate surface area is 128 Å². The molecule has 19 heavy (non-hydrogen) atoms. The van der Waals surface area contributed by atoms with Gasteiger partial charge in [0.2, 0.25) is 0 Å². The van der Waals surface area contributed by atoms with Crippen molar-refractivity contribution in [2.75, 3.05) is 0 Å². The van der Waals surface area contributed by atoms with Gasteiger partial charge in [-0.15, -0.1) is 0 Å². The van der Waals surface area contributed by atoms with E-state index < -0.39 is 5.82 Å². The largest absolute Gasteiger partial charge is 0.324 e. The molecule has 1 atom stereocenters. The normalized spacial score (nSPS) is 12.5. The minimum Gasteiger partial charge on any atom is -0.324 e. The molecule has 2 aromatic carbocycles. The first-order valence-electron chi connectivity index (χ1n) is 5.62. The highest BCUT2D eigenvalue weighted by molar-refractivity contribution is 14.1. The van der Waals surface area contributed by atoms with E-state index in [9.17, 15) is 8.78 Å². The van der Waals surface area contributed by atoms with Crippen LogP contribution in [0.4, 0.5) is 8.78 Å². The summed E-state index contributed by atoms with van der Waals surface area (Å²) in [6.45, 7) is 0. The summed E-state index contributed by atoms with van der Waals surface area (Å²) in [7, 11) is 0. The molecule has 0 saturated heterocycles. The van der Waals surface area contributed by atoms with Crippen LogP contribution in [0.3, 0.4) is 0 Å². The van der Waals surface area contributed by atoms with E-state index in [1.165, 1.54) is 18.2 Å². The Balaban J connectivity index is 2.20. The summed E-state index contributed by atoms with van der Waals surface area (Å²) in [5.41, 5.74) is 7.81. The number of hydrogen-bond acceptors (Lipinski definition) is 1. The topological polar surface area (TPSA) is 26.0 Å². The van der Waals surface area contributed by atoms with Crippen molar-refractivity contribution < 1.29 is 8.78 Å². The molecule has 0 fully saturated rings. The SMILES string of the molecule is NC(Cc1ccc(F)c(Cl)c1)c1ccc(F)cc1I. The zero-order chi connectivity index (χ0) is 14.0. The van der Waals surface area contributed by atoms with Crippen molar-refractivity contribution in [3.63, 3.8) is 0 Å². The quantitative estimate of drug-likeness (QED) is 0.765. The van der Waals surface area contributed by atoms with Gasteiger partial charge < -0.3 is 5.73 Å². The van der Waals surface area contributed by atoms with Gasteiger partial charge in [-0.25, -0.2) is 8.78 Å². The molecule has 5 heteroatoms. The first kappa shape index (κ1) is 14.7. The highest BCUT2D eigenvalue weighted by atomic mass is 127. The summed E-state index contributed by atoms with van der Waals surface area (Å²) >= 11 is 7.78. The van der Waals surface area contributed by atoms with Gasteiger partial charge in [-0.1, -0.05) is 23.7 Å². The second kappa shape index (κ2) is 6.15. The van der Waals surface area contributed by atoms with Crippen LogP contribution < -0.4 is 5.73 Å². The highest BCUT2D eigenvalue weighted by Gasteiger charge is 2.12. The molecule has 0 aliphatic carbocycles.